The zero-order chi connectivity index (χ0) is 19.0. The van der Waals surface area contributed by atoms with E-state index in [2.05, 4.69) is 41.5 Å². The second-order valence-corrected chi connectivity index (χ2v) is 11.5. The van der Waals surface area contributed by atoms with Gasteiger partial charge in [0.25, 0.3) is 0 Å². The Morgan fingerprint density at radius 1 is 0.893 bits per heavy atom. The topological polar surface area (TPSA) is 32.9 Å². The average Bonchev–Trinajstić information content (AvgIpc) is 3.40. The van der Waals surface area contributed by atoms with Gasteiger partial charge in [-0.15, -0.1) is 23.5 Å². The number of hydrogen-bond donors (Lipinski definition) is 1. The highest BCUT2D eigenvalue weighted by Crippen LogP contribution is 2.66. The van der Waals surface area contributed by atoms with Crippen molar-refractivity contribution >= 4 is 29.3 Å². The van der Waals surface area contributed by atoms with E-state index in [4.69, 9.17) is 0 Å². The Bertz CT molecular complexity index is 821. The van der Waals surface area contributed by atoms with E-state index in [0.29, 0.717) is 11.7 Å². The summed E-state index contributed by atoms with van der Waals surface area (Å²) >= 11 is 4.07. The molecule has 2 heterocycles. The molecule has 2 aliphatic carbocycles. The van der Waals surface area contributed by atoms with Gasteiger partial charge in [0.2, 0.25) is 0 Å². The molecule has 2 fully saturated rings. The highest BCUT2D eigenvalue weighted by Gasteiger charge is 2.48. The van der Waals surface area contributed by atoms with Crippen molar-refractivity contribution in [3.05, 3.63) is 47.8 Å². The summed E-state index contributed by atoms with van der Waals surface area (Å²) in [6, 6.07) is 11.0. The SMILES string of the molecule is O=C(c1cc(C2(C3CCCCC3)Sc3ccccc3S2)c[nH]1)C1CCCCC1. The normalized spacial score (nSPS) is 22.9. The Morgan fingerprint density at radius 2 is 1.50 bits per heavy atom. The maximum atomic E-state index is 13.1. The number of ketones is 1. The van der Waals surface area contributed by atoms with Gasteiger partial charge in [-0.05, 0) is 55.4 Å². The van der Waals surface area contributed by atoms with Gasteiger partial charge in [0.15, 0.2) is 5.78 Å². The van der Waals surface area contributed by atoms with Crippen LogP contribution in [0, 0.1) is 11.8 Å². The average molecular weight is 412 g/mol. The second-order valence-electron chi connectivity index (χ2n) is 8.65. The van der Waals surface area contributed by atoms with E-state index in [9.17, 15) is 4.79 Å². The molecule has 0 spiro atoms. The molecule has 2 saturated carbocycles. The van der Waals surface area contributed by atoms with Crippen molar-refractivity contribution in [1.29, 1.82) is 0 Å². The summed E-state index contributed by atoms with van der Waals surface area (Å²) in [5.74, 6) is 1.24. The smallest absolute Gasteiger partial charge is 0.182 e. The minimum atomic E-state index is 0.0195. The molecule has 0 unspecified atom stereocenters. The van der Waals surface area contributed by atoms with Crippen molar-refractivity contribution in [3.8, 4) is 0 Å². The first-order valence-electron chi connectivity index (χ1n) is 11.0. The molecule has 1 aliphatic heterocycles. The number of Topliss-reactive ketones (excluding diaryl/α,β-unsaturated/α-hetero) is 1. The molecule has 4 heteroatoms. The molecule has 1 N–H and O–H groups in total. The summed E-state index contributed by atoms with van der Waals surface area (Å²) < 4.78 is 0.0195. The summed E-state index contributed by atoms with van der Waals surface area (Å²) in [6.45, 7) is 0. The predicted molar refractivity (Wildman–Crippen MR) is 118 cm³/mol. The number of benzene rings is 1. The lowest BCUT2D eigenvalue weighted by atomic mass is 9.83. The van der Waals surface area contributed by atoms with Crippen LogP contribution < -0.4 is 0 Å². The van der Waals surface area contributed by atoms with Crippen molar-refractivity contribution < 1.29 is 4.79 Å². The maximum absolute atomic E-state index is 13.1. The monoisotopic (exact) mass is 411 g/mol. The van der Waals surface area contributed by atoms with E-state index >= 15 is 0 Å². The largest absolute Gasteiger partial charge is 0.358 e. The van der Waals surface area contributed by atoms with Crippen LogP contribution in [0.4, 0.5) is 0 Å². The van der Waals surface area contributed by atoms with Crippen LogP contribution in [-0.2, 0) is 4.08 Å². The van der Waals surface area contributed by atoms with Gasteiger partial charge in [0.1, 0.15) is 0 Å². The Hall–Kier alpha value is -1.13. The summed E-state index contributed by atoms with van der Waals surface area (Å²) in [4.78, 5) is 19.3. The first kappa shape index (κ1) is 18.9. The van der Waals surface area contributed by atoms with Crippen LogP contribution in [0.3, 0.4) is 0 Å². The van der Waals surface area contributed by atoms with Crippen LogP contribution in [0.15, 0.2) is 46.3 Å². The predicted octanol–water partition coefficient (Wildman–Crippen LogP) is 7.41. The van der Waals surface area contributed by atoms with Crippen LogP contribution in [0.5, 0.6) is 0 Å². The summed E-state index contributed by atoms with van der Waals surface area (Å²) in [5, 5.41) is 0. The van der Waals surface area contributed by atoms with Gasteiger partial charge >= 0.3 is 0 Å². The van der Waals surface area contributed by atoms with Gasteiger partial charge in [-0.2, -0.15) is 0 Å². The maximum Gasteiger partial charge on any atom is 0.182 e. The van der Waals surface area contributed by atoms with Gasteiger partial charge in [0, 0.05) is 21.9 Å². The van der Waals surface area contributed by atoms with E-state index in [1.807, 2.05) is 23.5 Å². The van der Waals surface area contributed by atoms with Crippen molar-refractivity contribution in [2.45, 2.75) is 78.1 Å². The minimum Gasteiger partial charge on any atom is -0.358 e. The fraction of sp³-hybridized carbons (Fsp3) is 0.542. The van der Waals surface area contributed by atoms with Crippen molar-refractivity contribution in [3.63, 3.8) is 0 Å². The van der Waals surface area contributed by atoms with Crippen molar-refractivity contribution in [2.24, 2.45) is 11.8 Å². The van der Waals surface area contributed by atoms with E-state index in [-0.39, 0.29) is 10.00 Å². The molecule has 2 nitrogen and oxygen atoms in total. The van der Waals surface area contributed by atoms with Gasteiger partial charge in [0.05, 0.1) is 9.77 Å². The fourth-order valence-electron chi connectivity index (χ4n) is 5.29. The zero-order valence-corrected chi connectivity index (χ0v) is 18.0. The van der Waals surface area contributed by atoms with Crippen LogP contribution in [-0.4, -0.2) is 10.8 Å². The molecule has 0 radical (unpaired) electrons. The Labute approximate surface area is 176 Å². The quantitative estimate of drug-likeness (QED) is 0.532. The number of thioether (sulfide) groups is 2. The molecule has 28 heavy (non-hydrogen) atoms. The summed E-state index contributed by atoms with van der Waals surface area (Å²) in [6.07, 6.45) is 14.6. The number of carbonyl (C=O) groups excluding carboxylic acids is 1. The van der Waals surface area contributed by atoms with Crippen LogP contribution in [0.2, 0.25) is 0 Å². The number of fused-ring (bicyclic) bond motifs is 1. The molecule has 0 bridgehead atoms. The standard InChI is InChI=1S/C24H29NOS2/c26-23(17-9-3-1-4-10-17)20-15-19(16-25-20)24(18-11-5-2-6-12-18)27-21-13-7-8-14-22(21)28-24/h7-8,13-18,25H,1-6,9-12H2. The van der Waals surface area contributed by atoms with Gasteiger partial charge in [-0.1, -0.05) is 50.7 Å². The number of hydrogen-bond acceptors (Lipinski definition) is 3. The highest BCUT2D eigenvalue weighted by atomic mass is 32.2. The summed E-state index contributed by atoms with van der Waals surface area (Å²) in [7, 11) is 0. The van der Waals surface area contributed by atoms with E-state index in [1.165, 1.54) is 66.7 Å². The van der Waals surface area contributed by atoms with Crippen LogP contribution >= 0.6 is 23.5 Å². The Balaban J connectivity index is 1.47. The Kier molecular flexibility index (Phi) is 5.36. The number of aromatic amines is 1. The molecule has 0 saturated heterocycles. The lowest BCUT2D eigenvalue weighted by Gasteiger charge is -2.38. The summed E-state index contributed by atoms with van der Waals surface area (Å²) in [5.41, 5.74) is 2.17. The minimum absolute atomic E-state index is 0.0195. The Morgan fingerprint density at radius 3 is 2.14 bits per heavy atom. The molecule has 0 atom stereocenters. The number of carbonyl (C=O) groups is 1. The first-order valence-corrected chi connectivity index (χ1v) is 12.6. The first-order chi connectivity index (χ1) is 13.8. The zero-order valence-electron chi connectivity index (χ0n) is 16.4. The second kappa shape index (κ2) is 7.95. The number of H-pyrrole nitrogens is 1. The van der Waals surface area contributed by atoms with Gasteiger partial charge in [-0.3, -0.25) is 4.79 Å². The molecular formula is C24H29NOS2. The molecule has 148 valence electrons. The lowest BCUT2D eigenvalue weighted by Crippen LogP contribution is -2.28. The molecule has 2 aromatic rings. The molecule has 1 aromatic carbocycles. The van der Waals surface area contributed by atoms with E-state index in [0.717, 1.165) is 18.5 Å². The third-order valence-electron chi connectivity index (χ3n) is 6.84. The highest BCUT2D eigenvalue weighted by molar-refractivity contribution is 8.20. The third-order valence-corrected chi connectivity index (χ3v) is 10.4. The molecule has 5 rings (SSSR count). The van der Waals surface area contributed by atoms with Crippen LogP contribution in [0.25, 0.3) is 0 Å². The van der Waals surface area contributed by atoms with E-state index in [1.54, 1.807) is 0 Å². The molecule has 1 aromatic heterocycles. The fourth-order valence-corrected chi connectivity index (χ4v) is 8.81. The molecule has 3 aliphatic rings. The van der Waals surface area contributed by atoms with Gasteiger partial charge in [-0.25, -0.2) is 0 Å². The van der Waals surface area contributed by atoms with Crippen molar-refractivity contribution in [2.75, 3.05) is 0 Å². The van der Waals surface area contributed by atoms with Crippen LogP contribution in [0.1, 0.15) is 80.3 Å². The molecule has 0 amide bonds. The number of nitrogens with one attached hydrogen (secondary N) is 1. The van der Waals surface area contributed by atoms with Gasteiger partial charge < -0.3 is 4.98 Å². The number of aromatic nitrogens is 1. The lowest BCUT2D eigenvalue weighted by molar-refractivity contribution is 0.0885. The molecular weight excluding hydrogens is 382 g/mol. The number of rotatable bonds is 4. The van der Waals surface area contributed by atoms with E-state index < -0.39 is 0 Å². The van der Waals surface area contributed by atoms with Crippen molar-refractivity contribution in [1.82, 2.24) is 4.98 Å². The third kappa shape index (κ3) is 3.37.